The van der Waals surface area contributed by atoms with Gasteiger partial charge in [0.2, 0.25) is 0 Å². The lowest BCUT2D eigenvalue weighted by Crippen LogP contribution is -2.68. The smallest absolute Gasteiger partial charge is 0.0597 e. The van der Waals surface area contributed by atoms with E-state index < -0.39 is 0 Å². The number of piperazine rings is 1. The molecule has 0 aromatic carbocycles. The first kappa shape index (κ1) is 16.5. The number of aryl methyl sites for hydroxylation is 2. The van der Waals surface area contributed by atoms with Crippen molar-refractivity contribution in [3.05, 3.63) is 17.5 Å². The second-order valence-electron chi connectivity index (χ2n) is 6.96. The summed E-state index contributed by atoms with van der Waals surface area (Å²) in [4.78, 5) is 2.70. The van der Waals surface area contributed by atoms with Gasteiger partial charge in [0, 0.05) is 37.8 Å². The second-order valence-corrected chi connectivity index (χ2v) is 6.96. The summed E-state index contributed by atoms with van der Waals surface area (Å²) < 4.78 is 2.04. The van der Waals surface area contributed by atoms with Crippen LogP contribution < -0.4 is 5.32 Å². The maximum atomic E-state index is 4.51. The Bertz CT molecular complexity index is 475. The third-order valence-corrected chi connectivity index (χ3v) is 5.60. The van der Waals surface area contributed by atoms with Crippen LogP contribution in [-0.4, -0.2) is 38.8 Å². The van der Waals surface area contributed by atoms with Crippen LogP contribution in [0.25, 0.3) is 0 Å². The van der Waals surface area contributed by atoms with Gasteiger partial charge in [-0.25, -0.2) is 0 Å². The van der Waals surface area contributed by atoms with Crippen molar-refractivity contribution in [3.8, 4) is 0 Å². The summed E-state index contributed by atoms with van der Waals surface area (Å²) in [6, 6.07) is 2.22. The Hall–Kier alpha value is -0.870. The summed E-state index contributed by atoms with van der Waals surface area (Å²) in [7, 11) is 2.06. The molecule has 0 radical (unpaired) electrons. The molecule has 1 saturated heterocycles. The molecule has 1 unspecified atom stereocenters. The Morgan fingerprint density at radius 1 is 1.24 bits per heavy atom. The van der Waals surface area contributed by atoms with E-state index in [-0.39, 0.29) is 11.1 Å². The molecule has 1 fully saturated rings. The van der Waals surface area contributed by atoms with Gasteiger partial charge < -0.3 is 5.32 Å². The summed E-state index contributed by atoms with van der Waals surface area (Å²) in [5, 5.41) is 8.32. The van der Waals surface area contributed by atoms with Gasteiger partial charge in [0.15, 0.2) is 0 Å². The molecule has 1 aliphatic rings. The largest absolute Gasteiger partial charge is 0.308 e. The minimum absolute atomic E-state index is 0.224. The lowest BCUT2D eigenvalue weighted by Gasteiger charge is -2.53. The number of nitrogens with zero attached hydrogens (tertiary/aromatic N) is 3. The summed E-state index contributed by atoms with van der Waals surface area (Å²) in [5.41, 5.74) is 2.92. The highest BCUT2D eigenvalue weighted by atomic mass is 15.3. The lowest BCUT2D eigenvalue weighted by atomic mass is 9.82. The van der Waals surface area contributed by atoms with Gasteiger partial charge in [0.1, 0.15) is 0 Å². The first-order valence-electron chi connectivity index (χ1n) is 8.37. The van der Waals surface area contributed by atoms with Crippen molar-refractivity contribution in [1.82, 2.24) is 20.0 Å². The van der Waals surface area contributed by atoms with Crippen molar-refractivity contribution < 1.29 is 0 Å². The normalized spacial score (nSPS) is 26.2. The van der Waals surface area contributed by atoms with Crippen molar-refractivity contribution in [2.45, 2.75) is 71.5 Å². The van der Waals surface area contributed by atoms with Crippen LogP contribution >= 0.6 is 0 Å². The highest BCUT2D eigenvalue weighted by Crippen LogP contribution is 2.32. The van der Waals surface area contributed by atoms with Gasteiger partial charge in [-0.15, -0.1) is 0 Å². The maximum absolute atomic E-state index is 4.51. The molecule has 0 amide bonds. The molecule has 21 heavy (non-hydrogen) atoms. The summed E-state index contributed by atoms with van der Waals surface area (Å²) in [5.74, 6) is 0. The van der Waals surface area contributed by atoms with E-state index in [1.807, 2.05) is 4.68 Å². The van der Waals surface area contributed by atoms with Crippen LogP contribution in [0.15, 0.2) is 6.07 Å². The van der Waals surface area contributed by atoms with Crippen LogP contribution in [0.4, 0.5) is 0 Å². The lowest BCUT2D eigenvalue weighted by molar-refractivity contribution is -0.00561. The monoisotopic (exact) mass is 292 g/mol. The standard InChI is InChI=1S/C17H32N4/c1-7-16(5)13-21(17(8-2,9-3)12-18-16)11-15-10-14(4)19-20(15)6/h10,18H,7-9,11-13H2,1-6H3. The van der Waals surface area contributed by atoms with Crippen LogP contribution in [0.2, 0.25) is 0 Å². The van der Waals surface area contributed by atoms with Crippen LogP contribution in [0.5, 0.6) is 0 Å². The topological polar surface area (TPSA) is 33.1 Å². The fraction of sp³-hybridized carbons (Fsp3) is 0.824. The molecule has 1 atom stereocenters. The van der Waals surface area contributed by atoms with Crippen LogP contribution in [0.3, 0.4) is 0 Å². The van der Waals surface area contributed by atoms with E-state index in [4.69, 9.17) is 0 Å². The average molecular weight is 292 g/mol. The molecule has 1 N–H and O–H groups in total. The molecule has 1 aliphatic heterocycles. The molecular weight excluding hydrogens is 260 g/mol. The predicted molar refractivity (Wildman–Crippen MR) is 88.4 cm³/mol. The maximum Gasteiger partial charge on any atom is 0.0597 e. The number of hydrogen-bond donors (Lipinski definition) is 1. The van der Waals surface area contributed by atoms with Crippen LogP contribution in [0, 0.1) is 6.92 Å². The molecule has 0 saturated carbocycles. The Morgan fingerprint density at radius 2 is 1.90 bits per heavy atom. The Kier molecular flexibility index (Phi) is 4.79. The third-order valence-electron chi connectivity index (χ3n) is 5.60. The number of hydrogen-bond acceptors (Lipinski definition) is 3. The minimum Gasteiger partial charge on any atom is -0.308 e. The van der Waals surface area contributed by atoms with Crippen molar-refractivity contribution in [2.24, 2.45) is 7.05 Å². The molecule has 0 spiro atoms. The van der Waals surface area contributed by atoms with E-state index in [9.17, 15) is 0 Å². The number of rotatable bonds is 5. The van der Waals surface area contributed by atoms with E-state index in [1.54, 1.807) is 0 Å². The van der Waals surface area contributed by atoms with Crippen LogP contribution in [0.1, 0.15) is 58.3 Å². The molecule has 1 aromatic rings. The zero-order valence-electron chi connectivity index (χ0n) is 14.7. The Morgan fingerprint density at radius 3 is 2.38 bits per heavy atom. The zero-order chi connectivity index (χ0) is 15.7. The third kappa shape index (κ3) is 3.16. The van der Waals surface area contributed by atoms with E-state index in [0.717, 1.165) is 31.7 Å². The van der Waals surface area contributed by atoms with Gasteiger partial charge in [-0.1, -0.05) is 20.8 Å². The minimum atomic E-state index is 0.224. The van der Waals surface area contributed by atoms with Gasteiger partial charge in [-0.05, 0) is 39.2 Å². The molecule has 1 aromatic heterocycles. The van der Waals surface area contributed by atoms with Crippen molar-refractivity contribution in [2.75, 3.05) is 13.1 Å². The fourth-order valence-electron chi connectivity index (χ4n) is 3.55. The van der Waals surface area contributed by atoms with E-state index >= 15 is 0 Å². The average Bonchev–Trinajstić information content (AvgIpc) is 2.78. The molecule has 2 rings (SSSR count). The molecule has 4 heteroatoms. The van der Waals surface area contributed by atoms with Crippen LogP contribution in [-0.2, 0) is 13.6 Å². The second kappa shape index (κ2) is 6.09. The first-order chi connectivity index (χ1) is 9.88. The fourth-order valence-corrected chi connectivity index (χ4v) is 3.55. The number of nitrogens with one attached hydrogen (secondary N) is 1. The summed E-state index contributed by atoms with van der Waals surface area (Å²) >= 11 is 0. The molecular formula is C17H32N4. The Labute approximate surface area is 129 Å². The van der Waals surface area contributed by atoms with Gasteiger partial charge in [-0.3, -0.25) is 9.58 Å². The summed E-state index contributed by atoms with van der Waals surface area (Å²) in [6.45, 7) is 14.5. The van der Waals surface area contributed by atoms with Gasteiger partial charge in [-0.2, -0.15) is 5.10 Å². The summed E-state index contributed by atoms with van der Waals surface area (Å²) in [6.07, 6.45) is 3.54. The van der Waals surface area contributed by atoms with E-state index in [2.05, 4.69) is 63.0 Å². The van der Waals surface area contributed by atoms with Crippen molar-refractivity contribution in [3.63, 3.8) is 0 Å². The Balaban J connectivity index is 2.27. The van der Waals surface area contributed by atoms with Gasteiger partial charge in [0.05, 0.1) is 11.4 Å². The molecule has 2 heterocycles. The van der Waals surface area contributed by atoms with Gasteiger partial charge >= 0.3 is 0 Å². The molecule has 4 nitrogen and oxygen atoms in total. The number of aromatic nitrogens is 2. The predicted octanol–water partition coefficient (Wildman–Crippen LogP) is 2.86. The zero-order valence-corrected chi connectivity index (χ0v) is 14.7. The molecule has 120 valence electrons. The quantitative estimate of drug-likeness (QED) is 0.906. The van der Waals surface area contributed by atoms with Crippen molar-refractivity contribution >= 4 is 0 Å². The van der Waals surface area contributed by atoms with Gasteiger partial charge in [0.25, 0.3) is 0 Å². The SMILES string of the molecule is CCC1(C)CN(Cc2cc(C)nn2C)C(CC)(CC)CN1. The highest BCUT2D eigenvalue weighted by Gasteiger charge is 2.42. The molecule has 0 aliphatic carbocycles. The van der Waals surface area contributed by atoms with E-state index in [1.165, 1.54) is 18.5 Å². The highest BCUT2D eigenvalue weighted by molar-refractivity contribution is 5.11. The van der Waals surface area contributed by atoms with Crippen molar-refractivity contribution in [1.29, 1.82) is 0 Å². The van der Waals surface area contributed by atoms with E-state index in [0.29, 0.717) is 0 Å². The first-order valence-corrected chi connectivity index (χ1v) is 8.37. The molecule has 0 bridgehead atoms.